The zero-order valence-electron chi connectivity index (χ0n) is 14.8. The molecular formula is C21H24N2O3. The smallest absolute Gasteiger partial charge is 0.322 e. The molecule has 1 atom stereocenters. The summed E-state index contributed by atoms with van der Waals surface area (Å²) < 4.78 is 11.3. The van der Waals surface area contributed by atoms with Gasteiger partial charge >= 0.3 is 6.03 Å². The van der Waals surface area contributed by atoms with Crippen LogP contribution in [0, 0.1) is 0 Å². The van der Waals surface area contributed by atoms with Gasteiger partial charge in [-0.1, -0.05) is 24.3 Å². The minimum Gasteiger partial charge on any atom is -0.491 e. The van der Waals surface area contributed by atoms with Gasteiger partial charge in [-0.2, -0.15) is 0 Å². The van der Waals surface area contributed by atoms with Gasteiger partial charge in [0, 0.05) is 25.4 Å². The van der Waals surface area contributed by atoms with Crippen LogP contribution in [0.1, 0.15) is 24.0 Å². The van der Waals surface area contributed by atoms with E-state index < -0.39 is 0 Å². The Morgan fingerprint density at radius 3 is 2.73 bits per heavy atom. The molecule has 0 aliphatic carbocycles. The van der Waals surface area contributed by atoms with Crippen molar-refractivity contribution in [2.24, 2.45) is 0 Å². The summed E-state index contributed by atoms with van der Waals surface area (Å²) in [4.78, 5) is 14.4. The highest BCUT2D eigenvalue weighted by Crippen LogP contribution is 2.21. The Labute approximate surface area is 153 Å². The first kappa shape index (κ1) is 16.9. The third-order valence-electron chi connectivity index (χ3n) is 4.98. The van der Waals surface area contributed by atoms with E-state index in [0.29, 0.717) is 13.2 Å². The van der Waals surface area contributed by atoms with Crippen molar-refractivity contribution in [2.45, 2.75) is 31.9 Å². The molecular weight excluding hydrogens is 328 g/mol. The Hall–Kier alpha value is -2.53. The van der Waals surface area contributed by atoms with Crippen LogP contribution in [0.15, 0.2) is 48.5 Å². The number of hydrogen-bond acceptors (Lipinski definition) is 3. The lowest BCUT2D eigenvalue weighted by atomic mass is 10.0. The molecule has 0 radical (unpaired) electrons. The van der Waals surface area contributed by atoms with Crippen molar-refractivity contribution < 1.29 is 14.3 Å². The van der Waals surface area contributed by atoms with Crippen molar-refractivity contribution in [2.75, 3.05) is 25.1 Å². The molecule has 5 nitrogen and oxygen atoms in total. The molecule has 1 unspecified atom stereocenters. The highest BCUT2D eigenvalue weighted by molar-refractivity contribution is 5.89. The predicted molar refractivity (Wildman–Crippen MR) is 100 cm³/mol. The molecule has 2 aliphatic rings. The number of carbonyl (C=O) groups excluding carboxylic acids is 1. The third-order valence-corrected chi connectivity index (χ3v) is 4.98. The SMILES string of the molecule is O=C(Nc1ccc(OCC2CCCO2)cc1)N1CCc2ccccc2C1. The van der Waals surface area contributed by atoms with E-state index in [1.807, 2.05) is 35.2 Å². The van der Waals surface area contributed by atoms with E-state index in [4.69, 9.17) is 9.47 Å². The van der Waals surface area contributed by atoms with Crippen LogP contribution in [0.3, 0.4) is 0 Å². The number of nitrogens with zero attached hydrogens (tertiary/aromatic N) is 1. The van der Waals surface area contributed by atoms with Crippen molar-refractivity contribution in [3.8, 4) is 5.75 Å². The standard InChI is InChI=1S/C21H24N2O3/c24-21(23-12-11-16-4-1-2-5-17(16)14-23)22-18-7-9-19(10-8-18)26-15-20-6-3-13-25-20/h1-2,4-5,7-10,20H,3,6,11-15H2,(H,22,24). The lowest BCUT2D eigenvalue weighted by molar-refractivity contribution is 0.0679. The molecule has 0 spiro atoms. The summed E-state index contributed by atoms with van der Waals surface area (Å²) in [6, 6.07) is 15.8. The second-order valence-electron chi connectivity index (χ2n) is 6.84. The van der Waals surface area contributed by atoms with Crippen molar-refractivity contribution in [1.29, 1.82) is 0 Å². The van der Waals surface area contributed by atoms with E-state index in [1.165, 1.54) is 11.1 Å². The zero-order chi connectivity index (χ0) is 17.8. The predicted octanol–water partition coefficient (Wildman–Crippen LogP) is 3.83. The first-order valence-corrected chi connectivity index (χ1v) is 9.25. The molecule has 2 aromatic rings. The normalized spacial score (nSPS) is 19.1. The van der Waals surface area contributed by atoms with E-state index >= 15 is 0 Å². The van der Waals surface area contributed by atoms with Gasteiger partial charge in [0.05, 0.1) is 6.10 Å². The fourth-order valence-electron chi connectivity index (χ4n) is 3.47. The molecule has 2 aliphatic heterocycles. The Bertz CT molecular complexity index is 754. The van der Waals surface area contributed by atoms with Gasteiger partial charge in [-0.15, -0.1) is 0 Å². The Kier molecular flexibility index (Phi) is 5.07. The molecule has 1 saturated heterocycles. The number of fused-ring (bicyclic) bond motifs is 1. The quantitative estimate of drug-likeness (QED) is 0.910. The number of nitrogens with one attached hydrogen (secondary N) is 1. The number of amides is 2. The number of carbonyl (C=O) groups is 1. The Morgan fingerprint density at radius 1 is 1.15 bits per heavy atom. The van der Waals surface area contributed by atoms with Crippen LogP contribution in [0.25, 0.3) is 0 Å². The summed E-state index contributed by atoms with van der Waals surface area (Å²) in [6.45, 7) is 2.81. The maximum Gasteiger partial charge on any atom is 0.322 e. The first-order valence-electron chi connectivity index (χ1n) is 9.25. The largest absolute Gasteiger partial charge is 0.491 e. The van der Waals surface area contributed by atoms with Gasteiger partial charge < -0.3 is 19.7 Å². The number of rotatable bonds is 4. The van der Waals surface area contributed by atoms with E-state index in [2.05, 4.69) is 23.5 Å². The average Bonchev–Trinajstić information content (AvgIpc) is 3.21. The van der Waals surface area contributed by atoms with Crippen molar-refractivity contribution in [1.82, 2.24) is 4.90 Å². The minimum absolute atomic E-state index is 0.0625. The molecule has 26 heavy (non-hydrogen) atoms. The Morgan fingerprint density at radius 2 is 1.96 bits per heavy atom. The molecule has 2 heterocycles. The van der Waals surface area contributed by atoms with Crippen LogP contribution in [0.4, 0.5) is 10.5 Å². The molecule has 5 heteroatoms. The fraction of sp³-hybridized carbons (Fsp3) is 0.381. The average molecular weight is 352 g/mol. The minimum atomic E-state index is -0.0625. The van der Waals surface area contributed by atoms with Crippen LogP contribution in [0.2, 0.25) is 0 Å². The molecule has 0 bridgehead atoms. The monoisotopic (exact) mass is 352 g/mol. The van der Waals surface area contributed by atoms with E-state index in [9.17, 15) is 4.79 Å². The number of ether oxygens (including phenoxy) is 2. The summed E-state index contributed by atoms with van der Waals surface area (Å²) in [7, 11) is 0. The number of anilines is 1. The fourth-order valence-corrected chi connectivity index (χ4v) is 3.47. The lowest BCUT2D eigenvalue weighted by Gasteiger charge is -2.29. The number of hydrogen-bond donors (Lipinski definition) is 1. The molecule has 1 N–H and O–H groups in total. The second kappa shape index (κ2) is 7.79. The van der Waals surface area contributed by atoms with Gasteiger partial charge in [-0.3, -0.25) is 0 Å². The molecule has 4 rings (SSSR count). The highest BCUT2D eigenvalue weighted by Gasteiger charge is 2.20. The van der Waals surface area contributed by atoms with Crippen molar-refractivity contribution >= 4 is 11.7 Å². The van der Waals surface area contributed by atoms with Crippen molar-refractivity contribution in [3.63, 3.8) is 0 Å². The van der Waals surface area contributed by atoms with Crippen LogP contribution >= 0.6 is 0 Å². The van der Waals surface area contributed by atoms with Gasteiger partial charge in [0.25, 0.3) is 0 Å². The van der Waals surface area contributed by atoms with Crippen LogP contribution in [0.5, 0.6) is 5.75 Å². The topological polar surface area (TPSA) is 50.8 Å². The van der Waals surface area contributed by atoms with E-state index in [-0.39, 0.29) is 12.1 Å². The highest BCUT2D eigenvalue weighted by atomic mass is 16.5. The maximum absolute atomic E-state index is 12.5. The maximum atomic E-state index is 12.5. The molecule has 2 amide bonds. The van der Waals surface area contributed by atoms with Crippen LogP contribution in [-0.2, 0) is 17.7 Å². The van der Waals surface area contributed by atoms with Gasteiger partial charge in [0.2, 0.25) is 0 Å². The Balaban J connectivity index is 1.30. The van der Waals surface area contributed by atoms with Crippen molar-refractivity contribution in [3.05, 3.63) is 59.7 Å². The summed E-state index contributed by atoms with van der Waals surface area (Å²) in [5.74, 6) is 0.797. The summed E-state index contributed by atoms with van der Waals surface area (Å²) >= 11 is 0. The zero-order valence-corrected chi connectivity index (χ0v) is 14.8. The van der Waals surface area contributed by atoms with Crippen LogP contribution in [-0.4, -0.2) is 36.8 Å². The summed E-state index contributed by atoms with van der Waals surface area (Å²) in [5.41, 5.74) is 3.34. The van der Waals surface area contributed by atoms with E-state index in [0.717, 1.165) is 43.9 Å². The van der Waals surface area contributed by atoms with E-state index in [1.54, 1.807) is 0 Å². The lowest BCUT2D eigenvalue weighted by Crippen LogP contribution is -2.38. The van der Waals surface area contributed by atoms with Gasteiger partial charge in [0.1, 0.15) is 12.4 Å². The molecule has 0 saturated carbocycles. The third kappa shape index (κ3) is 3.99. The number of benzene rings is 2. The molecule has 2 aromatic carbocycles. The summed E-state index contributed by atoms with van der Waals surface area (Å²) in [6.07, 6.45) is 3.28. The number of urea groups is 1. The molecule has 0 aromatic heterocycles. The molecule has 136 valence electrons. The summed E-state index contributed by atoms with van der Waals surface area (Å²) in [5, 5.41) is 2.97. The molecule has 1 fully saturated rings. The van der Waals surface area contributed by atoms with Gasteiger partial charge in [-0.05, 0) is 54.7 Å². The van der Waals surface area contributed by atoms with Gasteiger partial charge in [0.15, 0.2) is 0 Å². The second-order valence-corrected chi connectivity index (χ2v) is 6.84. The first-order chi connectivity index (χ1) is 12.8. The van der Waals surface area contributed by atoms with Crippen LogP contribution < -0.4 is 10.1 Å². The van der Waals surface area contributed by atoms with Gasteiger partial charge in [-0.25, -0.2) is 4.79 Å².